The normalized spacial score (nSPS) is 41.1. The first-order valence-electron chi connectivity index (χ1n) is 4.33. The van der Waals surface area contributed by atoms with Gasteiger partial charge < -0.3 is 24.8 Å². The lowest BCUT2D eigenvalue weighted by atomic mass is 10.1. The van der Waals surface area contributed by atoms with Crippen LogP contribution < -0.4 is 0 Å². The van der Waals surface area contributed by atoms with Crippen LogP contribution in [0, 0.1) is 0 Å². The standard InChI is InChI=1S/C8H16O5/c1-4(2)13-8-7(11)6(10)5(9)3-12-8/h4-11H,3H2,1-2H3/t5-,6?,7-,8-/m0/s1. The maximum Gasteiger partial charge on any atom is 0.186 e. The van der Waals surface area contributed by atoms with E-state index in [1.807, 2.05) is 0 Å². The Bertz CT molecular complexity index is 161. The maximum absolute atomic E-state index is 9.40. The SMILES string of the molecule is CC(C)O[C@@H]1OC[C@H](O)C(O)[C@@H]1O. The molecule has 1 heterocycles. The first-order chi connectivity index (χ1) is 6.02. The molecule has 0 saturated carbocycles. The highest BCUT2D eigenvalue weighted by molar-refractivity contribution is 4.82. The molecule has 0 aliphatic carbocycles. The van der Waals surface area contributed by atoms with Gasteiger partial charge in [0.2, 0.25) is 0 Å². The van der Waals surface area contributed by atoms with Gasteiger partial charge in [0.15, 0.2) is 6.29 Å². The molecule has 0 spiro atoms. The molecule has 5 heteroatoms. The van der Waals surface area contributed by atoms with E-state index in [0.717, 1.165) is 0 Å². The van der Waals surface area contributed by atoms with Crippen LogP contribution in [0.25, 0.3) is 0 Å². The lowest BCUT2D eigenvalue weighted by Gasteiger charge is -2.35. The third-order valence-corrected chi connectivity index (χ3v) is 1.86. The van der Waals surface area contributed by atoms with Crippen molar-refractivity contribution in [3.63, 3.8) is 0 Å². The average molecular weight is 192 g/mol. The van der Waals surface area contributed by atoms with Gasteiger partial charge in [0.1, 0.15) is 18.3 Å². The zero-order chi connectivity index (χ0) is 10.0. The molecule has 13 heavy (non-hydrogen) atoms. The Kier molecular flexibility index (Phi) is 3.63. The zero-order valence-corrected chi connectivity index (χ0v) is 7.75. The molecule has 0 aromatic carbocycles. The van der Waals surface area contributed by atoms with Gasteiger partial charge in [-0.2, -0.15) is 0 Å². The Morgan fingerprint density at radius 3 is 2.38 bits per heavy atom. The van der Waals surface area contributed by atoms with E-state index in [1.165, 1.54) is 0 Å². The van der Waals surface area contributed by atoms with E-state index in [1.54, 1.807) is 13.8 Å². The molecular formula is C8H16O5. The van der Waals surface area contributed by atoms with E-state index in [0.29, 0.717) is 0 Å². The van der Waals surface area contributed by atoms with Crippen molar-refractivity contribution in [3.05, 3.63) is 0 Å². The lowest BCUT2D eigenvalue weighted by molar-refractivity contribution is -0.278. The second-order valence-corrected chi connectivity index (χ2v) is 3.44. The number of aliphatic hydroxyl groups is 3. The Morgan fingerprint density at radius 1 is 1.23 bits per heavy atom. The van der Waals surface area contributed by atoms with Gasteiger partial charge in [0.05, 0.1) is 12.7 Å². The van der Waals surface area contributed by atoms with Crippen LogP contribution in [-0.4, -0.2) is 52.6 Å². The van der Waals surface area contributed by atoms with Crippen molar-refractivity contribution in [1.29, 1.82) is 0 Å². The second kappa shape index (κ2) is 4.34. The van der Waals surface area contributed by atoms with Gasteiger partial charge in [-0.15, -0.1) is 0 Å². The van der Waals surface area contributed by atoms with Crippen LogP contribution in [0.4, 0.5) is 0 Å². The van der Waals surface area contributed by atoms with E-state index >= 15 is 0 Å². The van der Waals surface area contributed by atoms with Crippen LogP contribution in [0.15, 0.2) is 0 Å². The number of aliphatic hydroxyl groups excluding tert-OH is 3. The van der Waals surface area contributed by atoms with Crippen molar-refractivity contribution in [2.45, 2.75) is 44.6 Å². The zero-order valence-electron chi connectivity index (χ0n) is 7.75. The summed E-state index contributed by atoms with van der Waals surface area (Å²) in [5.74, 6) is 0. The predicted molar refractivity (Wildman–Crippen MR) is 44.0 cm³/mol. The molecule has 1 fully saturated rings. The Hall–Kier alpha value is -0.200. The highest BCUT2D eigenvalue weighted by Crippen LogP contribution is 2.17. The molecule has 1 rings (SSSR count). The number of ether oxygens (including phenoxy) is 2. The monoisotopic (exact) mass is 192 g/mol. The van der Waals surface area contributed by atoms with Gasteiger partial charge in [0.25, 0.3) is 0 Å². The molecular weight excluding hydrogens is 176 g/mol. The fourth-order valence-corrected chi connectivity index (χ4v) is 1.17. The first kappa shape index (κ1) is 10.9. The summed E-state index contributed by atoms with van der Waals surface area (Å²) in [6.45, 7) is 3.58. The van der Waals surface area contributed by atoms with Gasteiger partial charge in [-0.3, -0.25) is 0 Å². The average Bonchev–Trinajstić information content (AvgIpc) is 2.06. The van der Waals surface area contributed by atoms with E-state index < -0.39 is 24.6 Å². The third kappa shape index (κ3) is 2.62. The van der Waals surface area contributed by atoms with Crippen LogP contribution in [0.2, 0.25) is 0 Å². The van der Waals surface area contributed by atoms with E-state index in [2.05, 4.69) is 0 Å². The van der Waals surface area contributed by atoms with Crippen molar-refractivity contribution in [2.75, 3.05) is 6.61 Å². The summed E-state index contributed by atoms with van der Waals surface area (Å²) in [5, 5.41) is 27.8. The smallest absolute Gasteiger partial charge is 0.186 e. The van der Waals surface area contributed by atoms with Crippen LogP contribution in [-0.2, 0) is 9.47 Å². The van der Waals surface area contributed by atoms with Crippen LogP contribution in [0.1, 0.15) is 13.8 Å². The topological polar surface area (TPSA) is 79.2 Å². The van der Waals surface area contributed by atoms with Crippen LogP contribution >= 0.6 is 0 Å². The number of hydrogen-bond acceptors (Lipinski definition) is 5. The lowest BCUT2D eigenvalue weighted by Crippen LogP contribution is -2.54. The molecule has 0 bridgehead atoms. The fourth-order valence-electron chi connectivity index (χ4n) is 1.17. The Balaban J connectivity index is 2.48. The van der Waals surface area contributed by atoms with E-state index in [4.69, 9.17) is 14.6 Å². The summed E-state index contributed by atoms with van der Waals surface area (Å²) in [6.07, 6.45) is -4.37. The minimum atomic E-state index is -1.20. The van der Waals surface area contributed by atoms with Crippen LogP contribution in [0.3, 0.4) is 0 Å². The van der Waals surface area contributed by atoms with Crippen LogP contribution in [0.5, 0.6) is 0 Å². The Labute approximate surface area is 76.9 Å². The van der Waals surface area contributed by atoms with E-state index in [-0.39, 0.29) is 12.7 Å². The molecule has 3 N–H and O–H groups in total. The minimum Gasteiger partial charge on any atom is -0.388 e. The summed E-state index contributed by atoms with van der Waals surface area (Å²) >= 11 is 0. The molecule has 4 atom stereocenters. The minimum absolute atomic E-state index is 0.0182. The second-order valence-electron chi connectivity index (χ2n) is 3.44. The summed E-state index contributed by atoms with van der Waals surface area (Å²) < 4.78 is 10.2. The highest BCUT2D eigenvalue weighted by Gasteiger charge is 2.38. The van der Waals surface area contributed by atoms with Crippen molar-refractivity contribution in [3.8, 4) is 0 Å². The molecule has 0 aromatic heterocycles. The summed E-state index contributed by atoms with van der Waals surface area (Å²) in [5.41, 5.74) is 0. The molecule has 5 nitrogen and oxygen atoms in total. The molecule has 1 aliphatic heterocycles. The molecule has 0 radical (unpaired) electrons. The third-order valence-electron chi connectivity index (χ3n) is 1.86. The molecule has 1 saturated heterocycles. The summed E-state index contributed by atoms with van der Waals surface area (Å²) in [6, 6.07) is 0. The predicted octanol–water partition coefficient (Wildman–Crippen LogP) is -1.15. The number of hydrogen-bond donors (Lipinski definition) is 3. The van der Waals surface area contributed by atoms with E-state index in [9.17, 15) is 10.2 Å². The molecule has 0 aromatic rings. The maximum atomic E-state index is 9.40. The molecule has 1 unspecified atom stereocenters. The molecule has 0 amide bonds. The molecule has 1 aliphatic rings. The quantitative estimate of drug-likeness (QED) is 0.515. The van der Waals surface area contributed by atoms with Gasteiger partial charge in [-0.25, -0.2) is 0 Å². The highest BCUT2D eigenvalue weighted by atomic mass is 16.7. The van der Waals surface area contributed by atoms with Crippen molar-refractivity contribution < 1.29 is 24.8 Å². The van der Waals surface area contributed by atoms with Crippen molar-refractivity contribution in [2.24, 2.45) is 0 Å². The van der Waals surface area contributed by atoms with Crippen molar-refractivity contribution in [1.82, 2.24) is 0 Å². The van der Waals surface area contributed by atoms with Gasteiger partial charge in [-0.1, -0.05) is 0 Å². The van der Waals surface area contributed by atoms with Crippen molar-refractivity contribution >= 4 is 0 Å². The number of rotatable bonds is 2. The fraction of sp³-hybridized carbons (Fsp3) is 1.00. The summed E-state index contributed by atoms with van der Waals surface area (Å²) in [4.78, 5) is 0. The van der Waals surface area contributed by atoms with Gasteiger partial charge >= 0.3 is 0 Å². The van der Waals surface area contributed by atoms with Gasteiger partial charge in [0, 0.05) is 0 Å². The largest absolute Gasteiger partial charge is 0.388 e. The first-order valence-corrected chi connectivity index (χ1v) is 4.33. The van der Waals surface area contributed by atoms with Gasteiger partial charge in [-0.05, 0) is 13.8 Å². The molecule has 78 valence electrons. The summed E-state index contributed by atoms with van der Waals surface area (Å²) in [7, 11) is 0. The Morgan fingerprint density at radius 2 is 1.85 bits per heavy atom.